The van der Waals surface area contributed by atoms with E-state index in [0.717, 1.165) is 12.8 Å². The Morgan fingerprint density at radius 2 is 2.15 bits per heavy atom. The highest BCUT2D eigenvalue weighted by molar-refractivity contribution is 5.93. The van der Waals surface area contributed by atoms with Crippen molar-refractivity contribution in [2.75, 3.05) is 0 Å². The van der Waals surface area contributed by atoms with Gasteiger partial charge in [0.05, 0.1) is 0 Å². The summed E-state index contributed by atoms with van der Waals surface area (Å²) in [5, 5.41) is 8.69. The van der Waals surface area contributed by atoms with Gasteiger partial charge in [-0.15, -0.1) is 0 Å². The third kappa shape index (κ3) is 6.04. The van der Waals surface area contributed by atoms with Crippen molar-refractivity contribution < 1.29 is 19.4 Å². The van der Waals surface area contributed by atoms with Gasteiger partial charge in [0.25, 0.3) is 0 Å². The number of aliphatic hydroxyl groups excluding tert-OH is 1. The molecule has 0 bridgehead atoms. The second kappa shape index (κ2) is 6.37. The molecule has 0 saturated carbocycles. The van der Waals surface area contributed by atoms with Gasteiger partial charge in [0.2, 0.25) is 0 Å². The molecule has 0 spiro atoms. The lowest BCUT2D eigenvalue weighted by Gasteiger charge is -2.00. The number of aliphatic hydroxyl groups is 1. The largest absolute Gasteiger partial charge is 0.388 e. The van der Waals surface area contributed by atoms with Gasteiger partial charge in [0.15, 0.2) is 0 Å². The number of carbonyl (C=O) groups excluding carboxylic acids is 2. The van der Waals surface area contributed by atoms with Crippen molar-refractivity contribution in [3.05, 3.63) is 12.2 Å². The molecule has 0 aliphatic heterocycles. The maximum Gasteiger partial charge on any atom is 0.342 e. The molecule has 0 aromatic rings. The Kier molecular flexibility index (Phi) is 5.80. The summed E-state index contributed by atoms with van der Waals surface area (Å²) in [6.45, 7) is 3.21. The van der Waals surface area contributed by atoms with Crippen molar-refractivity contribution in [2.45, 2.75) is 32.8 Å². The van der Waals surface area contributed by atoms with Crippen molar-refractivity contribution in [3.63, 3.8) is 0 Å². The van der Waals surface area contributed by atoms with Crippen LogP contribution in [0.3, 0.4) is 0 Å². The van der Waals surface area contributed by atoms with E-state index < -0.39 is 18.0 Å². The molecule has 4 heteroatoms. The molecule has 13 heavy (non-hydrogen) atoms. The third-order valence-electron chi connectivity index (χ3n) is 1.25. The van der Waals surface area contributed by atoms with Crippen LogP contribution < -0.4 is 0 Å². The van der Waals surface area contributed by atoms with Crippen molar-refractivity contribution in [3.8, 4) is 0 Å². The minimum atomic E-state index is -1.26. The van der Waals surface area contributed by atoms with E-state index in [0.29, 0.717) is 0 Å². The average Bonchev–Trinajstić information content (AvgIpc) is 2.04. The molecule has 0 radical (unpaired) electrons. The first-order chi connectivity index (χ1) is 6.07. The van der Waals surface area contributed by atoms with Crippen LogP contribution in [0.4, 0.5) is 0 Å². The van der Waals surface area contributed by atoms with Crippen LogP contribution in [-0.4, -0.2) is 23.1 Å². The molecular formula is C9H14O4. The van der Waals surface area contributed by atoms with E-state index in [1.54, 1.807) is 6.08 Å². The molecule has 0 aromatic heterocycles. The molecule has 0 fully saturated rings. The summed E-state index contributed by atoms with van der Waals surface area (Å²) in [5.74, 6) is -1.66. The summed E-state index contributed by atoms with van der Waals surface area (Å²) in [7, 11) is 0. The van der Waals surface area contributed by atoms with E-state index >= 15 is 0 Å². The quantitative estimate of drug-likeness (QED) is 0.400. The zero-order valence-corrected chi connectivity index (χ0v) is 7.82. The highest BCUT2D eigenvalue weighted by atomic mass is 16.6. The lowest BCUT2D eigenvalue weighted by atomic mass is 10.3. The lowest BCUT2D eigenvalue weighted by Crippen LogP contribution is -2.21. The average molecular weight is 186 g/mol. The van der Waals surface area contributed by atoms with Crippen LogP contribution in [0.5, 0.6) is 0 Å². The summed E-state index contributed by atoms with van der Waals surface area (Å²) in [6, 6.07) is 0. The molecule has 1 unspecified atom stereocenters. The van der Waals surface area contributed by atoms with Crippen molar-refractivity contribution in [1.82, 2.24) is 0 Å². The molecule has 0 heterocycles. The van der Waals surface area contributed by atoms with E-state index in [-0.39, 0.29) is 0 Å². The van der Waals surface area contributed by atoms with Gasteiger partial charge in [-0.25, -0.2) is 9.59 Å². The van der Waals surface area contributed by atoms with Crippen LogP contribution >= 0.6 is 0 Å². The standard InChI is InChI=1S/C9H14O4/c1-3-4-5-6-8(11)13-9(12)7(2)10/h5-7,10H,3-4H2,1-2H3/b6-5-. The fraction of sp³-hybridized carbons (Fsp3) is 0.556. The molecule has 0 amide bonds. The van der Waals surface area contributed by atoms with Crippen LogP contribution in [0.2, 0.25) is 0 Å². The van der Waals surface area contributed by atoms with Crippen LogP contribution in [0.15, 0.2) is 12.2 Å². The first kappa shape index (κ1) is 11.8. The van der Waals surface area contributed by atoms with Gasteiger partial charge in [-0.1, -0.05) is 19.4 Å². The van der Waals surface area contributed by atoms with Crippen molar-refractivity contribution in [2.24, 2.45) is 0 Å². The first-order valence-electron chi connectivity index (χ1n) is 4.18. The number of ether oxygens (including phenoxy) is 1. The molecule has 0 aliphatic carbocycles. The summed E-state index contributed by atoms with van der Waals surface area (Å²) in [6.07, 6.45) is 3.23. The van der Waals surface area contributed by atoms with Crippen molar-refractivity contribution in [1.29, 1.82) is 0 Å². The molecule has 74 valence electrons. The van der Waals surface area contributed by atoms with Gasteiger partial charge < -0.3 is 9.84 Å². The Morgan fingerprint density at radius 3 is 2.62 bits per heavy atom. The first-order valence-corrected chi connectivity index (χ1v) is 4.18. The SMILES string of the molecule is CCC/C=C\C(=O)OC(=O)C(C)O. The summed E-state index contributed by atoms with van der Waals surface area (Å²) >= 11 is 0. The molecular weight excluding hydrogens is 172 g/mol. The monoisotopic (exact) mass is 186 g/mol. The van der Waals surface area contributed by atoms with Gasteiger partial charge in [0, 0.05) is 6.08 Å². The molecule has 4 nitrogen and oxygen atoms in total. The van der Waals surface area contributed by atoms with Gasteiger partial charge in [-0.2, -0.15) is 0 Å². The molecule has 1 atom stereocenters. The maximum absolute atomic E-state index is 10.8. The number of unbranched alkanes of at least 4 members (excludes halogenated alkanes) is 1. The van der Waals surface area contributed by atoms with Gasteiger partial charge in [0.1, 0.15) is 6.10 Å². The van der Waals surface area contributed by atoms with Gasteiger partial charge in [-0.05, 0) is 13.3 Å². The fourth-order valence-electron chi connectivity index (χ4n) is 0.565. The number of allylic oxidation sites excluding steroid dienone is 1. The summed E-state index contributed by atoms with van der Waals surface area (Å²) < 4.78 is 4.24. The Morgan fingerprint density at radius 1 is 1.54 bits per heavy atom. The topological polar surface area (TPSA) is 63.6 Å². The van der Waals surface area contributed by atoms with Crippen molar-refractivity contribution >= 4 is 11.9 Å². The second-order valence-corrected chi connectivity index (χ2v) is 2.61. The normalized spacial score (nSPS) is 12.8. The van der Waals surface area contributed by atoms with Gasteiger partial charge >= 0.3 is 11.9 Å². The minimum absolute atomic E-state index is 0.737. The zero-order valence-electron chi connectivity index (χ0n) is 7.82. The Bertz CT molecular complexity index is 206. The van der Waals surface area contributed by atoms with E-state index in [1.165, 1.54) is 13.0 Å². The van der Waals surface area contributed by atoms with Gasteiger partial charge in [-0.3, -0.25) is 0 Å². The fourth-order valence-corrected chi connectivity index (χ4v) is 0.565. The molecule has 0 rings (SSSR count). The zero-order chi connectivity index (χ0) is 10.3. The Hall–Kier alpha value is -1.16. The third-order valence-corrected chi connectivity index (χ3v) is 1.25. The summed E-state index contributed by atoms with van der Waals surface area (Å²) in [4.78, 5) is 21.5. The van der Waals surface area contributed by atoms with Crippen LogP contribution in [0, 0.1) is 0 Å². The molecule has 0 aromatic carbocycles. The Balaban J connectivity index is 3.81. The molecule has 1 N–H and O–H groups in total. The predicted octanol–water partition coefficient (Wildman–Crippen LogP) is 0.793. The Labute approximate surface area is 77.2 Å². The van der Waals surface area contributed by atoms with Crippen LogP contribution in [0.1, 0.15) is 26.7 Å². The van der Waals surface area contributed by atoms with E-state index in [9.17, 15) is 9.59 Å². The smallest absolute Gasteiger partial charge is 0.342 e. The van der Waals surface area contributed by atoms with Crippen LogP contribution in [0.25, 0.3) is 0 Å². The second-order valence-electron chi connectivity index (χ2n) is 2.61. The highest BCUT2D eigenvalue weighted by Crippen LogP contribution is 1.92. The maximum atomic E-state index is 10.8. The number of rotatable bonds is 4. The minimum Gasteiger partial charge on any atom is -0.388 e. The van der Waals surface area contributed by atoms with Crippen LogP contribution in [-0.2, 0) is 14.3 Å². The van der Waals surface area contributed by atoms with E-state index in [1.807, 2.05) is 6.92 Å². The highest BCUT2D eigenvalue weighted by Gasteiger charge is 2.12. The molecule has 0 saturated heterocycles. The lowest BCUT2D eigenvalue weighted by molar-refractivity contribution is -0.162. The van der Waals surface area contributed by atoms with E-state index in [4.69, 9.17) is 5.11 Å². The van der Waals surface area contributed by atoms with E-state index in [2.05, 4.69) is 4.74 Å². The molecule has 0 aliphatic rings. The number of carbonyl (C=O) groups is 2. The number of hydrogen-bond acceptors (Lipinski definition) is 4. The number of hydrogen-bond donors (Lipinski definition) is 1. The predicted molar refractivity (Wildman–Crippen MR) is 46.8 cm³/mol. The summed E-state index contributed by atoms with van der Waals surface area (Å²) in [5.41, 5.74) is 0. The number of esters is 2.